The molecule has 0 aliphatic carbocycles. The minimum absolute atomic E-state index is 0.226. The van der Waals surface area contributed by atoms with Gasteiger partial charge in [-0.3, -0.25) is 0 Å². The maximum atomic E-state index is 7.25. The summed E-state index contributed by atoms with van der Waals surface area (Å²) < 4.78 is 0. The Morgan fingerprint density at radius 2 is 0.442 bits per heavy atom. The fourth-order valence-corrected chi connectivity index (χ4v) is 8.97. The summed E-state index contributed by atoms with van der Waals surface area (Å²) >= 11 is -0.226. The Kier molecular flexibility index (Phi) is 16.7. The summed E-state index contributed by atoms with van der Waals surface area (Å²) in [5, 5.41) is 8.39. The van der Waals surface area contributed by atoms with E-state index >= 15 is 0 Å². The molecule has 0 spiro atoms. The summed E-state index contributed by atoms with van der Waals surface area (Å²) in [4.78, 5) is 7.25. The van der Waals surface area contributed by atoms with E-state index < -0.39 is 15.8 Å². The molecule has 218 valence electrons. The van der Waals surface area contributed by atoms with Crippen LogP contribution in [0.3, 0.4) is 0 Å². The van der Waals surface area contributed by atoms with Gasteiger partial charge in [0.1, 0.15) is 0 Å². The van der Waals surface area contributed by atoms with E-state index in [0.717, 1.165) is 0 Å². The van der Waals surface area contributed by atoms with E-state index in [1.807, 2.05) is 0 Å². The molecule has 0 atom stereocenters. The van der Waals surface area contributed by atoms with Crippen molar-refractivity contribution in [3.63, 3.8) is 0 Å². The zero-order valence-electron chi connectivity index (χ0n) is 23.2. The third-order valence-corrected chi connectivity index (χ3v) is 11.0. The summed E-state index contributed by atoms with van der Waals surface area (Å²) in [6.45, 7) is 0. The van der Waals surface area contributed by atoms with Gasteiger partial charge in [0.2, 0.25) is 0 Å². The zero-order chi connectivity index (χ0) is 30.5. The van der Waals surface area contributed by atoms with Gasteiger partial charge in [0.25, 0.3) is 0 Å². The largest absolute Gasteiger partial charge is 0.577 e. The van der Waals surface area contributed by atoms with Gasteiger partial charge >= 0.3 is 34.5 Å². The van der Waals surface area contributed by atoms with Gasteiger partial charge in [-0.15, -0.1) is 0 Å². The first-order valence-corrected chi connectivity index (χ1v) is 20.1. The van der Waals surface area contributed by atoms with Crippen molar-refractivity contribution in [2.75, 3.05) is 0 Å². The van der Waals surface area contributed by atoms with E-state index in [0.29, 0.717) is 0 Å². The third kappa shape index (κ3) is 11.2. The molecule has 6 aromatic carbocycles. The Hall–Kier alpha value is -3.02. The number of hydrogen-bond acceptors (Lipinski definition) is 1. The van der Waals surface area contributed by atoms with Crippen molar-refractivity contribution in [2.45, 2.75) is 0 Å². The molecule has 6 aromatic rings. The third-order valence-electron chi connectivity index (χ3n) is 6.09. The van der Waals surface area contributed by atoms with Gasteiger partial charge in [-0.25, -0.2) is 0 Å². The molecule has 0 aromatic heterocycles. The van der Waals surface area contributed by atoms with Crippen LogP contribution in [0.25, 0.3) is 5.59 Å². The van der Waals surface area contributed by atoms with Gasteiger partial charge in [0.05, 0.1) is 0 Å². The van der Waals surface area contributed by atoms with E-state index in [2.05, 4.69) is 182 Å². The van der Waals surface area contributed by atoms with Crippen molar-refractivity contribution in [1.82, 2.24) is 0 Å². The topological polar surface area (TPSA) is 39.4 Å². The van der Waals surface area contributed by atoms with Crippen molar-refractivity contribution >= 4 is 67.1 Å². The molecule has 0 amide bonds. The number of benzene rings is 6. The maximum Gasteiger partial charge on any atom is -0.0134 e. The van der Waals surface area contributed by atoms with E-state index in [-0.39, 0.29) is 15.1 Å². The SMILES string of the molecule is [Cl][Rh+][Cl].[N-]=O.c1ccc(P(c2ccccc2)c2ccccc2)cc1.c1ccc(P(c2ccccc2)c2ccccc2)cc1. The molecule has 0 radical (unpaired) electrons. The summed E-state index contributed by atoms with van der Waals surface area (Å²) in [7, 11) is 8.78. The van der Waals surface area contributed by atoms with E-state index in [9.17, 15) is 0 Å². The predicted octanol–water partition coefficient (Wildman–Crippen LogP) is 8.59. The number of nitrogens with zero attached hydrogens (tertiary/aromatic N) is 1. The second-order valence-electron chi connectivity index (χ2n) is 8.73. The molecule has 0 aliphatic rings. The molecule has 0 N–H and O–H groups in total. The molecular weight excluding hydrogens is 698 g/mol. The van der Waals surface area contributed by atoms with E-state index in [1.54, 1.807) is 0 Å². The second kappa shape index (κ2) is 20.8. The van der Waals surface area contributed by atoms with Crippen LogP contribution in [0.15, 0.2) is 182 Å². The standard InChI is InChI=1S/2C18H15P.2ClH.NO.Rh/c2*1-4-10-16(11-5-1)19(17-12-6-2-7-13-17)18-14-8-3-9-15-18;;;1-2;/h2*1-15H;2*1H;;/q;;;;-1;+3/p-2. The molecule has 0 saturated carbocycles. The Morgan fingerprint density at radius 1 is 0.326 bits per heavy atom. The minimum atomic E-state index is -0.446. The Morgan fingerprint density at radius 3 is 0.558 bits per heavy atom. The van der Waals surface area contributed by atoms with Crippen molar-refractivity contribution in [3.8, 4) is 0 Å². The van der Waals surface area contributed by atoms with Crippen LogP contribution < -0.4 is 31.8 Å². The zero-order valence-corrected chi connectivity index (χ0v) is 28.1. The van der Waals surface area contributed by atoms with Gasteiger partial charge in [-0.1, -0.05) is 182 Å². The van der Waals surface area contributed by atoms with Crippen molar-refractivity contribution < 1.29 is 15.1 Å². The molecular formula is C36H30Cl2NOP2Rh. The van der Waals surface area contributed by atoms with Crippen molar-refractivity contribution in [3.05, 3.63) is 192 Å². The number of halogens is 2. The maximum absolute atomic E-state index is 7.25. The van der Waals surface area contributed by atoms with Crippen molar-refractivity contribution in [2.24, 2.45) is 0 Å². The van der Waals surface area contributed by atoms with Crippen LogP contribution in [0.5, 0.6) is 0 Å². The van der Waals surface area contributed by atoms with Gasteiger partial charge in [0.15, 0.2) is 0 Å². The molecule has 43 heavy (non-hydrogen) atoms. The molecule has 0 heterocycles. The van der Waals surface area contributed by atoms with Crippen LogP contribution in [0.2, 0.25) is 0 Å². The molecule has 0 unspecified atom stereocenters. The van der Waals surface area contributed by atoms with Crippen LogP contribution in [0.1, 0.15) is 0 Å². The van der Waals surface area contributed by atoms with E-state index in [4.69, 9.17) is 29.9 Å². The fourth-order valence-electron chi connectivity index (χ4n) is 4.36. The first-order valence-electron chi connectivity index (χ1n) is 13.2. The van der Waals surface area contributed by atoms with Gasteiger partial charge in [-0.05, 0) is 47.7 Å². The summed E-state index contributed by atoms with van der Waals surface area (Å²) in [5.41, 5.74) is 5.75. The summed E-state index contributed by atoms with van der Waals surface area (Å²) in [6.07, 6.45) is 0. The first kappa shape index (κ1) is 34.5. The van der Waals surface area contributed by atoms with Crippen LogP contribution in [-0.4, -0.2) is 0 Å². The molecule has 0 saturated heterocycles. The minimum Gasteiger partial charge on any atom is -0.577 e. The Labute approximate surface area is 273 Å². The monoisotopic (exact) mass is 727 g/mol. The van der Waals surface area contributed by atoms with Crippen LogP contribution in [0.4, 0.5) is 0 Å². The molecule has 2 nitrogen and oxygen atoms in total. The first-order chi connectivity index (χ1) is 21.3. The fraction of sp³-hybridized carbons (Fsp3) is 0. The molecule has 0 fully saturated rings. The smallest absolute Gasteiger partial charge is 0.0134 e. The molecule has 0 bridgehead atoms. The second-order valence-corrected chi connectivity index (χ2v) is 15.7. The van der Waals surface area contributed by atoms with Gasteiger partial charge in [-0.2, -0.15) is 0 Å². The van der Waals surface area contributed by atoms with Gasteiger partial charge < -0.3 is 10.5 Å². The predicted molar refractivity (Wildman–Crippen MR) is 189 cm³/mol. The number of nitroso groups, excluding NO2 is 1. The normalized spacial score (nSPS) is 9.95. The van der Waals surface area contributed by atoms with E-state index in [1.165, 1.54) is 31.8 Å². The molecule has 6 rings (SSSR count). The van der Waals surface area contributed by atoms with Crippen molar-refractivity contribution in [1.29, 1.82) is 0 Å². The quantitative estimate of drug-likeness (QED) is 0.125. The summed E-state index contributed by atoms with van der Waals surface area (Å²) in [6, 6.07) is 64.7. The average Bonchev–Trinajstić information content (AvgIpc) is 3.10. The summed E-state index contributed by atoms with van der Waals surface area (Å²) in [5.74, 6) is 0. The van der Waals surface area contributed by atoms with Crippen LogP contribution in [-0.2, 0) is 15.1 Å². The Balaban J connectivity index is 0.000000205. The van der Waals surface area contributed by atoms with Crippen LogP contribution in [0, 0.1) is 4.91 Å². The Bertz CT molecular complexity index is 1230. The van der Waals surface area contributed by atoms with Crippen LogP contribution >= 0.6 is 35.2 Å². The number of hydrogen-bond donors (Lipinski definition) is 0. The number of rotatable bonds is 6. The molecule has 0 aliphatic heterocycles. The molecule has 7 heteroatoms. The van der Waals surface area contributed by atoms with Gasteiger partial charge in [0, 0.05) is 0 Å². The average molecular weight is 728 g/mol.